The maximum Gasteiger partial charge on any atom is 0.280 e. The Balaban J connectivity index is 2.53. The van der Waals surface area contributed by atoms with Crippen molar-refractivity contribution in [2.75, 3.05) is 12.4 Å². The maximum atomic E-state index is 12.4. The molecule has 0 atom stereocenters. The predicted molar refractivity (Wildman–Crippen MR) is 75.4 cm³/mol. The molecule has 0 aliphatic carbocycles. The summed E-state index contributed by atoms with van der Waals surface area (Å²) in [5.41, 5.74) is 0.183. The zero-order valence-electron chi connectivity index (χ0n) is 9.84. The van der Waals surface area contributed by atoms with E-state index in [1.807, 2.05) is 0 Å². The van der Waals surface area contributed by atoms with Crippen LogP contribution in [-0.4, -0.2) is 17.8 Å². The molecule has 2 aromatic rings. The highest BCUT2D eigenvalue weighted by molar-refractivity contribution is 7.20. The van der Waals surface area contributed by atoms with Crippen molar-refractivity contribution in [1.29, 1.82) is 0 Å². The largest absolute Gasteiger partial charge is 0.379 e. The van der Waals surface area contributed by atoms with Gasteiger partial charge >= 0.3 is 0 Å². The van der Waals surface area contributed by atoms with E-state index in [0.29, 0.717) is 14.9 Å². The van der Waals surface area contributed by atoms with Gasteiger partial charge < -0.3 is 5.32 Å². The van der Waals surface area contributed by atoms with E-state index in [0.717, 1.165) is 0 Å². The number of hydrogen-bond donors (Lipinski definition) is 1. The van der Waals surface area contributed by atoms with Crippen LogP contribution in [0.4, 0.5) is 10.7 Å². The number of nitrogens with zero attached hydrogens (tertiary/aromatic N) is 1. The van der Waals surface area contributed by atoms with Gasteiger partial charge in [-0.15, -0.1) is 11.3 Å². The van der Waals surface area contributed by atoms with Crippen molar-refractivity contribution in [3.05, 3.63) is 55.9 Å². The van der Waals surface area contributed by atoms with E-state index in [2.05, 4.69) is 5.32 Å². The quantitative estimate of drug-likeness (QED) is 0.532. The van der Waals surface area contributed by atoms with Crippen molar-refractivity contribution in [2.24, 2.45) is 0 Å². The van der Waals surface area contributed by atoms with Crippen molar-refractivity contribution < 1.29 is 9.72 Å². The molecular formula is C12H9ClN2O3S. The van der Waals surface area contributed by atoms with Gasteiger partial charge in [-0.3, -0.25) is 14.9 Å². The molecule has 98 valence electrons. The molecule has 1 aromatic heterocycles. The highest BCUT2D eigenvalue weighted by Gasteiger charge is 2.23. The van der Waals surface area contributed by atoms with Gasteiger partial charge in [0.05, 0.1) is 14.8 Å². The summed E-state index contributed by atoms with van der Waals surface area (Å²) >= 11 is 7.09. The smallest absolute Gasteiger partial charge is 0.280 e. The zero-order valence-corrected chi connectivity index (χ0v) is 11.4. The monoisotopic (exact) mass is 296 g/mol. The average Bonchev–Trinajstić information content (AvgIpc) is 2.79. The van der Waals surface area contributed by atoms with Gasteiger partial charge in [0.2, 0.25) is 5.78 Å². The first kappa shape index (κ1) is 13.5. The van der Waals surface area contributed by atoms with Gasteiger partial charge in [-0.25, -0.2) is 0 Å². The molecule has 1 heterocycles. The lowest BCUT2D eigenvalue weighted by atomic mass is 10.0. The number of hydrogen-bond acceptors (Lipinski definition) is 5. The Labute approximate surface area is 118 Å². The third kappa shape index (κ3) is 2.59. The first-order chi connectivity index (χ1) is 9.04. The standard InChI is InChI=1S/C12H9ClN2O3S/c1-14-12-8(6-10(13)19-12)11(16)7-4-2-3-5-9(7)15(17)18/h2-6,14H,1H3. The van der Waals surface area contributed by atoms with Gasteiger partial charge in [-0.2, -0.15) is 0 Å². The number of nitro benzene ring substituents is 1. The Morgan fingerprint density at radius 1 is 1.37 bits per heavy atom. The van der Waals surface area contributed by atoms with Gasteiger partial charge in [-0.05, 0) is 12.1 Å². The summed E-state index contributed by atoms with van der Waals surface area (Å²) in [6.07, 6.45) is 0. The molecule has 0 radical (unpaired) electrons. The molecule has 7 heteroatoms. The summed E-state index contributed by atoms with van der Waals surface area (Å²) in [7, 11) is 1.67. The fourth-order valence-electron chi connectivity index (χ4n) is 1.69. The summed E-state index contributed by atoms with van der Waals surface area (Å²) in [5.74, 6) is -0.417. The summed E-state index contributed by atoms with van der Waals surface area (Å²) in [4.78, 5) is 22.7. The lowest BCUT2D eigenvalue weighted by Gasteiger charge is -2.03. The molecule has 0 aliphatic heterocycles. The summed E-state index contributed by atoms with van der Waals surface area (Å²) in [5, 5.41) is 14.4. The SMILES string of the molecule is CNc1sc(Cl)cc1C(=O)c1ccccc1[N+](=O)[O-]. The second-order valence-corrected chi connectivity index (χ2v) is 5.33. The van der Waals surface area contributed by atoms with Crippen molar-refractivity contribution in [3.63, 3.8) is 0 Å². The van der Waals surface area contributed by atoms with Crippen LogP contribution in [0.3, 0.4) is 0 Å². The molecule has 0 saturated heterocycles. The number of thiophene rings is 1. The van der Waals surface area contributed by atoms with E-state index >= 15 is 0 Å². The molecule has 1 N–H and O–H groups in total. The van der Waals surface area contributed by atoms with Gasteiger partial charge in [0.15, 0.2) is 0 Å². The van der Waals surface area contributed by atoms with E-state index < -0.39 is 10.7 Å². The van der Waals surface area contributed by atoms with Crippen molar-refractivity contribution in [3.8, 4) is 0 Å². The first-order valence-corrected chi connectivity index (χ1v) is 6.49. The van der Waals surface area contributed by atoms with E-state index in [1.54, 1.807) is 13.1 Å². The number of halogens is 1. The lowest BCUT2D eigenvalue weighted by molar-refractivity contribution is -0.385. The minimum atomic E-state index is -0.569. The van der Waals surface area contributed by atoms with Gasteiger partial charge in [-0.1, -0.05) is 23.7 Å². The maximum absolute atomic E-state index is 12.4. The summed E-state index contributed by atoms with van der Waals surface area (Å²) in [6, 6.07) is 7.37. The normalized spacial score (nSPS) is 10.2. The zero-order chi connectivity index (χ0) is 14.0. The van der Waals surface area contributed by atoms with Gasteiger partial charge in [0.1, 0.15) is 10.6 Å². The Hall–Kier alpha value is -1.92. The topological polar surface area (TPSA) is 72.2 Å². The van der Waals surface area contributed by atoms with Crippen LogP contribution >= 0.6 is 22.9 Å². The molecule has 0 aliphatic rings. The number of nitro groups is 1. The third-order valence-electron chi connectivity index (χ3n) is 2.52. The molecule has 0 fully saturated rings. The van der Waals surface area contributed by atoms with Crippen LogP contribution in [-0.2, 0) is 0 Å². The highest BCUT2D eigenvalue weighted by Crippen LogP contribution is 2.34. The van der Waals surface area contributed by atoms with Crippen LogP contribution in [0.2, 0.25) is 4.34 Å². The van der Waals surface area contributed by atoms with Crippen LogP contribution in [0.1, 0.15) is 15.9 Å². The molecule has 19 heavy (non-hydrogen) atoms. The summed E-state index contributed by atoms with van der Waals surface area (Å²) < 4.78 is 0.450. The predicted octanol–water partition coefficient (Wildman–Crippen LogP) is 3.58. The molecule has 0 saturated carbocycles. The highest BCUT2D eigenvalue weighted by atomic mass is 35.5. The van der Waals surface area contributed by atoms with E-state index in [4.69, 9.17) is 11.6 Å². The van der Waals surface area contributed by atoms with Gasteiger partial charge in [0.25, 0.3) is 5.69 Å². The second kappa shape index (κ2) is 5.38. The van der Waals surface area contributed by atoms with Crippen molar-refractivity contribution >= 4 is 39.4 Å². The molecule has 0 amide bonds. The molecule has 0 unspecified atom stereocenters. The minimum Gasteiger partial charge on any atom is -0.379 e. The second-order valence-electron chi connectivity index (χ2n) is 3.65. The fraction of sp³-hybridized carbons (Fsp3) is 0.0833. The number of anilines is 1. The van der Waals surface area contributed by atoms with Crippen LogP contribution in [0.25, 0.3) is 0 Å². The number of nitrogens with one attached hydrogen (secondary N) is 1. The van der Waals surface area contributed by atoms with E-state index in [9.17, 15) is 14.9 Å². The van der Waals surface area contributed by atoms with Crippen LogP contribution in [0.5, 0.6) is 0 Å². The molecule has 2 rings (SSSR count). The number of benzene rings is 1. The average molecular weight is 297 g/mol. The molecule has 0 spiro atoms. The number of rotatable bonds is 4. The van der Waals surface area contributed by atoms with Crippen LogP contribution in [0, 0.1) is 10.1 Å². The Kier molecular flexibility index (Phi) is 3.82. The number of para-hydroxylation sites is 1. The van der Waals surface area contributed by atoms with Gasteiger partial charge in [0, 0.05) is 13.1 Å². The Morgan fingerprint density at radius 3 is 2.68 bits per heavy atom. The molecule has 0 bridgehead atoms. The number of carbonyl (C=O) groups is 1. The fourth-order valence-corrected chi connectivity index (χ4v) is 2.76. The van der Waals surface area contributed by atoms with Crippen LogP contribution in [0.15, 0.2) is 30.3 Å². The molecule has 5 nitrogen and oxygen atoms in total. The molecular weight excluding hydrogens is 288 g/mol. The van der Waals surface area contributed by atoms with Crippen LogP contribution < -0.4 is 5.32 Å². The Bertz CT molecular complexity index is 654. The van der Waals surface area contributed by atoms with E-state index in [1.165, 1.54) is 35.6 Å². The number of ketones is 1. The van der Waals surface area contributed by atoms with E-state index in [-0.39, 0.29) is 11.3 Å². The lowest BCUT2D eigenvalue weighted by Crippen LogP contribution is -2.06. The molecule has 1 aromatic carbocycles. The third-order valence-corrected chi connectivity index (χ3v) is 3.80. The Morgan fingerprint density at radius 2 is 2.05 bits per heavy atom. The first-order valence-electron chi connectivity index (χ1n) is 5.29. The van der Waals surface area contributed by atoms with Crippen molar-refractivity contribution in [2.45, 2.75) is 0 Å². The minimum absolute atomic E-state index is 0.0541. The van der Waals surface area contributed by atoms with Crippen molar-refractivity contribution in [1.82, 2.24) is 0 Å². The number of carbonyl (C=O) groups excluding carboxylic acids is 1. The summed E-state index contributed by atoms with van der Waals surface area (Å²) in [6.45, 7) is 0.